The second-order valence-corrected chi connectivity index (χ2v) is 3.32. The van der Waals surface area contributed by atoms with E-state index in [2.05, 4.69) is 6.58 Å². The number of rotatable bonds is 5. The summed E-state index contributed by atoms with van der Waals surface area (Å²) in [5.74, 6) is -0.323. The summed E-state index contributed by atoms with van der Waals surface area (Å²) in [5, 5.41) is 0. The lowest BCUT2D eigenvalue weighted by Gasteiger charge is -2.03. The molecule has 0 aliphatic carbocycles. The Hall–Kier alpha value is -1.57. The largest absolute Gasteiger partial charge is 0.462 e. The van der Waals surface area contributed by atoms with E-state index < -0.39 is 0 Å². The standard InChI is InChI=1S/C13H15O2/c1-11(2)13(14)15-10-6-9-12-7-4-3-5-8-12/h3-5,7-9H,1,6,10H2,2H3. The van der Waals surface area contributed by atoms with Gasteiger partial charge < -0.3 is 4.74 Å². The smallest absolute Gasteiger partial charge is 0.333 e. The first-order chi connectivity index (χ1) is 7.20. The highest BCUT2D eigenvalue weighted by molar-refractivity contribution is 5.86. The summed E-state index contributed by atoms with van der Waals surface area (Å²) in [6, 6.07) is 9.96. The van der Waals surface area contributed by atoms with E-state index in [1.165, 1.54) is 0 Å². The highest BCUT2D eigenvalue weighted by atomic mass is 16.5. The Morgan fingerprint density at radius 1 is 1.40 bits per heavy atom. The quantitative estimate of drug-likeness (QED) is 0.418. The molecule has 0 N–H and O–H groups in total. The molecule has 0 aliphatic heterocycles. The van der Waals surface area contributed by atoms with Gasteiger partial charge in [0.25, 0.3) is 0 Å². The second kappa shape index (κ2) is 6.02. The van der Waals surface area contributed by atoms with E-state index in [0.717, 1.165) is 12.0 Å². The second-order valence-electron chi connectivity index (χ2n) is 3.32. The Kier molecular flexibility index (Phi) is 4.61. The molecule has 1 rings (SSSR count). The third-order valence-electron chi connectivity index (χ3n) is 1.88. The number of ether oxygens (including phenoxy) is 1. The maximum absolute atomic E-state index is 11.0. The van der Waals surface area contributed by atoms with Crippen LogP contribution in [0, 0.1) is 6.42 Å². The molecule has 0 amide bonds. The summed E-state index contributed by atoms with van der Waals surface area (Å²) in [6.07, 6.45) is 2.76. The van der Waals surface area contributed by atoms with Crippen LogP contribution in [0.1, 0.15) is 18.9 Å². The van der Waals surface area contributed by atoms with Crippen molar-refractivity contribution < 1.29 is 9.53 Å². The molecule has 0 fully saturated rings. The molecule has 0 unspecified atom stereocenters. The molecule has 79 valence electrons. The minimum atomic E-state index is -0.323. The fourth-order valence-corrected chi connectivity index (χ4v) is 1.09. The lowest BCUT2D eigenvalue weighted by Crippen LogP contribution is -2.06. The first kappa shape index (κ1) is 11.5. The molecular weight excluding hydrogens is 188 g/mol. The fourth-order valence-electron chi connectivity index (χ4n) is 1.09. The molecule has 0 aromatic heterocycles. The van der Waals surface area contributed by atoms with Gasteiger partial charge in [-0.05, 0) is 25.3 Å². The van der Waals surface area contributed by atoms with E-state index in [9.17, 15) is 4.79 Å². The third kappa shape index (κ3) is 4.45. The van der Waals surface area contributed by atoms with Gasteiger partial charge >= 0.3 is 5.97 Å². The maximum atomic E-state index is 11.0. The van der Waals surface area contributed by atoms with Gasteiger partial charge in [-0.1, -0.05) is 36.9 Å². The SMILES string of the molecule is C=C(C)C(=O)OCC[CH]c1ccccc1. The van der Waals surface area contributed by atoms with Gasteiger partial charge in [0.2, 0.25) is 0 Å². The van der Waals surface area contributed by atoms with Crippen molar-refractivity contribution in [1.82, 2.24) is 0 Å². The Morgan fingerprint density at radius 2 is 2.07 bits per heavy atom. The molecule has 0 saturated heterocycles. The Labute approximate surface area is 90.6 Å². The van der Waals surface area contributed by atoms with Crippen LogP contribution in [-0.2, 0) is 9.53 Å². The van der Waals surface area contributed by atoms with Gasteiger partial charge in [-0.15, -0.1) is 0 Å². The van der Waals surface area contributed by atoms with Crippen LogP contribution >= 0.6 is 0 Å². The summed E-state index contributed by atoms with van der Waals surface area (Å²) < 4.78 is 4.96. The van der Waals surface area contributed by atoms with Crippen LogP contribution in [0.25, 0.3) is 0 Å². The van der Waals surface area contributed by atoms with Gasteiger partial charge in [0, 0.05) is 5.57 Å². The van der Waals surface area contributed by atoms with Gasteiger partial charge in [-0.2, -0.15) is 0 Å². The lowest BCUT2D eigenvalue weighted by molar-refractivity contribution is -0.138. The van der Waals surface area contributed by atoms with E-state index in [-0.39, 0.29) is 5.97 Å². The van der Waals surface area contributed by atoms with E-state index in [1.54, 1.807) is 6.92 Å². The number of hydrogen-bond acceptors (Lipinski definition) is 2. The molecule has 2 heteroatoms. The zero-order valence-corrected chi connectivity index (χ0v) is 8.90. The number of benzene rings is 1. The topological polar surface area (TPSA) is 26.3 Å². The van der Waals surface area contributed by atoms with Crippen LogP contribution in [0.4, 0.5) is 0 Å². The molecule has 1 radical (unpaired) electrons. The third-order valence-corrected chi connectivity index (χ3v) is 1.88. The van der Waals surface area contributed by atoms with Crippen molar-refractivity contribution in [2.45, 2.75) is 13.3 Å². The highest BCUT2D eigenvalue weighted by Gasteiger charge is 2.01. The minimum Gasteiger partial charge on any atom is -0.462 e. The Balaban J connectivity index is 2.18. The highest BCUT2D eigenvalue weighted by Crippen LogP contribution is 2.05. The normalized spacial score (nSPS) is 9.67. The molecule has 15 heavy (non-hydrogen) atoms. The van der Waals surface area contributed by atoms with Crippen molar-refractivity contribution in [2.75, 3.05) is 6.61 Å². The summed E-state index contributed by atoms with van der Waals surface area (Å²) >= 11 is 0. The lowest BCUT2D eigenvalue weighted by atomic mass is 10.1. The molecule has 0 aliphatic rings. The van der Waals surface area contributed by atoms with E-state index in [0.29, 0.717) is 12.2 Å². The maximum Gasteiger partial charge on any atom is 0.333 e. The van der Waals surface area contributed by atoms with Crippen molar-refractivity contribution in [2.24, 2.45) is 0 Å². The van der Waals surface area contributed by atoms with E-state index in [1.807, 2.05) is 36.8 Å². The van der Waals surface area contributed by atoms with Crippen LogP contribution in [0.2, 0.25) is 0 Å². The van der Waals surface area contributed by atoms with Crippen LogP contribution in [-0.4, -0.2) is 12.6 Å². The zero-order chi connectivity index (χ0) is 11.1. The van der Waals surface area contributed by atoms with Crippen molar-refractivity contribution in [3.63, 3.8) is 0 Å². The first-order valence-electron chi connectivity index (χ1n) is 4.91. The number of hydrogen-bond donors (Lipinski definition) is 0. The van der Waals surface area contributed by atoms with Crippen LogP contribution < -0.4 is 0 Å². The molecule has 1 aromatic carbocycles. The van der Waals surface area contributed by atoms with Crippen molar-refractivity contribution in [3.8, 4) is 0 Å². The minimum absolute atomic E-state index is 0.323. The monoisotopic (exact) mass is 203 g/mol. The summed E-state index contributed by atoms with van der Waals surface area (Å²) in [5.41, 5.74) is 1.58. The van der Waals surface area contributed by atoms with Gasteiger partial charge in [0.15, 0.2) is 0 Å². The van der Waals surface area contributed by atoms with Crippen molar-refractivity contribution in [3.05, 3.63) is 54.5 Å². The average Bonchev–Trinajstić information content (AvgIpc) is 2.25. The molecule has 0 bridgehead atoms. The van der Waals surface area contributed by atoms with Gasteiger partial charge in [0.05, 0.1) is 6.61 Å². The summed E-state index contributed by atoms with van der Waals surface area (Å²) in [4.78, 5) is 11.0. The molecular formula is C13H15O2. The first-order valence-corrected chi connectivity index (χ1v) is 4.91. The number of carbonyl (C=O) groups is 1. The van der Waals surface area contributed by atoms with E-state index >= 15 is 0 Å². The van der Waals surface area contributed by atoms with Crippen molar-refractivity contribution in [1.29, 1.82) is 0 Å². The van der Waals surface area contributed by atoms with E-state index in [4.69, 9.17) is 4.74 Å². The van der Waals surface area contributed by atoms with Gasteiger partial charge in [0.1, 0.15) is 0 Å². The summed E-state index contributed by atoms with van der Waals surface area (Å²) in [7, 11) is 0. The van der Waals surface area contributed by atoms with Crippen molar-refractivity contribution >= 4 is 5.97 Å². The van der Waals surface area contributed by atoms with Crippen LogP contribution in [0.15, 0.2) is 42.5 Å². The van der Waals surface area contributed by atoms with Gasteiger partial charge in [-0.25, -0.2) is 4.79 Å². The average molecular weight is 203 g/mol. The predicted octanol–water partition coefficient (Wildman–Crippen LogP) is 2.75. The molecule has 0 heterocycles. The van der Waals surface area contributed by atoms with Crippen LogP contribution in [0.3, 0.4) is 0 Å². The number of carbonyl (C=O) groups excluding carboxylic acids is 1. The summed E-state index contributed by atoms with van der Waals surface area (Å²) in [6.45, 7) is 5.55. The Morgan fingerprint density at radius 3 is 2.67 bits per heavy atom. The molecule has 0 saturated carbocycles. The number of esters is 1. The molecule has 0 spiro atoms. The fraction of sp³-hybridized carbons (Fsp3) is 0.231. The molecule has 1 aromatic rings. The predicted molar refractivity (Wildman–Crippen MR) is 60.2 cm³/mol. The molecule has 2 nitrogen and oxygen atoms in total. The Bertz CT molecular complexity index is 328. The van der Waals surface area contributed by atoms with Crippen LogP contribution in [0.5, 0.6) is 0 Å². The zero-order valence-electron chi connectivity index (χ0n) is 8.90. The molecule has 0 atom stereocenters. The van der Waals surface area contributed by atoms with Gasteiger partial charge in [-0.3, -0.25) is 0 Å².